The van der Waals surface area contributed by atoms with Crippen LogP contribution in [0.1, 0.15) is 45.9 Å². The average Bonchev–Trinajstić information content (AvgIpc) is 3.07. The van der Waals surface area contributed by atoms with Gasteiger partial charge in [0.2, 0.25) is 5.88 Å². The van der Waals surface area contributed by atoms with Crippen LogP contribution in [0.25, 0.3) is 0 Å². The van der Waals surface area contributed by atoms with Gasteiger partial charge in [-0.1, -0.05) is 0 Å². The summed E-state index contributed by atoms with van der Waals surface area (Å²) in [6.45, 7) is 10.9. The lowest BCUT2D eigenvalue weighted by molar-refractivity contribution is 0.0566. The maximum atomic E-state index is 12.5. The molecule has 3 heterocycles. The number of thioether (sulfide) groups is 1. The van der Waals surface area contributed by atoms with Crippen molar-refractivity contribution in [3.8, 4) is 5.88 Å². The van der Waals surface area contributed by atoms with Crippen LogP contribution in [0.15, 0.2) is 12.1 Å². The van der Waals surface area contributed by atoms with Crippen molar-refractivity contribution in [1.82, 2.24) is 9.88 Å². The number of aromatic nitrogens is 1. The number of nitrogens with zero attached hydrogens (tertiary/aromatic N) is 3. The molecule has 1 fully saturated rings. The van der Waals surface area contributed by atoms with E-state index in [-0.39, 0.29) is 12.1 Å². The summed E-state index contributed by atoms with van der Waals surface area (Å²) >= 11 is 1.93. The predicted octanol–water partition coefficient (Wildman–Crippen LogP) is 3.71. The number of hydrogen-bond donors (Lipinski definition) is 0. The maximum Gasteiger partial charge on any atom is 0.415 e. The Morgan fingerprint density at radius 3 is 2.81 bits per heavy atom. The van der Waals surface area contributed by atoms with Gasteiger partial charge in [0.05, 0.1) is 12.2 Å². The molecule has 0 aromatic carbocycles. The van der Waals surface area contributed by atoms with Crippen molar-refractivity contribution in [2.24, 2.45) is 0 Å². The van der Waals surface area contributed by atoms with Gasteiger partial charge in [0.15, 0.2) is 0 Å². The second-order valence-electron chi connectivity index (χ2n) is 7.86. The van der Waals surface area contributed by atoms with Gasteiger partial charge >= 0.3 is 6.09 Å². The van der Waals surface area contributed by atoms with Crippen LogP contribution in [0, 0.1) is 0 Å². The van der Waals surface area contributed by atoms with Gasteiger partial charge in [-0.15, -0.1) is 0 Å². The van der Waals surface area contributed by atoms with Crippen LogP contribution in [-0.4, -0.2) is 59.3 Å². The highest BCUT2D eigenvalue weighted by atomic mass is 32.2. The number of carbonyl (C=O) groups is 1. The zero-order chi connectivity index (χ0) is 18.9. The molecule has 1 saturated heterocycles. The first-order valence-electron chi connectivity index (χ1n) is 9.19. The summed E-state index contributed by atoms with van der Waals surface area (Å²) in [5, 5.41) is 0.703. The Balaban J connectivity index is 1.77. The van der Waals surface area contributed by atoms with Gasteiger partial charge < -0.3 is 9.47 Å². The number of ether oxygens (including phenoxy) is 2. The first-order valence-corrected chi connectivity index (χ1v) is 10.5. The number of rotatable bonds is 3. The summed E-state index contributed by atoms with van der Waals surface area (Å²) in [6, 6.07) is 4.17. The molecule has 0 bridgehead atoms. The number of amides is 1. The lowest BCUT2D eigenvalue weighted by Crippen LogP contribution is -2.41. The number of hydrogen-bond acceptors (Lipinski definition) is 6. The van der Waals surface area contributed by atoms with Crippen molar-refractivity contribution in [3.63, 3.8) is 0 Å². The van der Waals surface area contributed by atoms with E-state index in [1.54, 1.807) is 4.90 Å². The van der Waals surface area contributed by atoms with Crippen LogP contribution >= 0.6 is 11.8 Å². The van der Waals surface area contributed by atoms with Gasteiger partial charge in [-0.3, -0.25) is 9.80 Å². The van der Waals surface area contributed by atoms with Gasteiger partial charge in [-0.2, -0.15) is 11.8 Å². The van der Waals surface area contributed by atoms with Crippen molar-refractivity contribution in [2.45, 2.75) is 51.0 Å². The maximum absolute atomic E-state index is 12.5. The lowest BCUT2D eigenvalue weighted by Gasteiger charge is -2.32. The van der Waals surface area contributed by atoms with Crippen LogP contribution in [0.5, 0.6) is 5.88 Å². The summed E-state index contributed by atoms with van der Waals surface area (Å²) < 4.78 is 11.3. The summed E-state index contributed by atoms with van der Waals surface area (Å²) in [5.41, 5.74) is 1.14. The van der Waals surface area contributed by atoms with Crippen molar-refractivity contribution in [1.29, 1.82) is 0 Å². The van der Waals surface area contributed by atoms with E-state index in [0.717, 1.165) is 18.8 Å². The summed E-state index contributed by atoms with van der Waals surface area (Å²) in [6.07, 6.45) is 3.04. The fourth-order valence-corrected chi connectivity index (χ4v) is 4.02. The SMILES string of the molecule is CSC1CCN(C(C)c2ccc3c(n2)OCCN3C(=O)OC(C)(C)C)C1. The molecule has 0 aliphatic carbocycles. The van der Waals surface area contributed by atoms with E-state index in [1.807, 2.05) is 44.7 Å². The topological polar surface area (TPSA) is 54.9 Å². The molecule has 0 saturated carbocycles. The highest BCUT2D eigenvalue weighted by Gasteiger charge is 2.31. The summed E-state index contributed by atoms with van der Waals surface area (Å²) in [5.74, 6) is 0.520. The van der Waals surface area contributed by atoms with Gasteiger partial charge in [-0.25, -0.2) is 9.78 Å². The molecule has 1 amide bonds. The van der Waals surface area contributed by atoms with Crippen LogP contribution in [0.3, 0.4) is 0 Å². The van der Waals surface area contributed by atoms with Crippen LogP contribution in [-0.2, 0) is 4.74 Å². The minimum absolute atomic E-state index is 0.234. The Hall–Kier alpha value is -1.47. The van der Waals surface area contributed by atoms with Gasteiger partial charge in [-0.05, 0) is 59.0 Å². The molecule has 144 valence electrons. The molecule has 2 aliphatic heterocycles. The van der Waals surface area contributed by atoms with Gasteiger partial charge in [0.1, 0.15) is 17.9 Å². The monoisotopic (exact) mass is 379 g/mol. The third-order valence-electron chi connectivity index (χ3n) is 4.81. The molecule has 0 N–H and O–H groups in total. The van der Waals surface area contributed by atoms with E-state index in [2.05, 4.69) is 18.1 Å². The zero-order valence-corrected chi connectivity index (χ0v) is 17.1. The van der Waals surface area contributed by atoms with Crippen molar-refractivity contribution in [3.05, 3.63) is 17.8 Å². The largest absolute Gasteiger partial charge is 0.474 e. The van der Waals surface area contributed by atoms with Crippen molar-refractivity contribution < 1.29 is 14.3 Å². The molecule has 0 spiro atoms. The minimum atomic E-state index is -0.527. The van der Waals surface area contributed by atoms with Crippen molar-refractivity contribution >= 4 is 23.5 Å². The third kappa shape index (κ3) is 4.26. The highest BCUT2D eigenvalue weighted by molar-refractivity contribution is 7.99. The number of carbonyl (C=O) groups excluding carboxylic acids is 1. The average molecular weight is 380 g/mol. The third-order valence-corrected chi connectivity index (χ3v) is 5.86. The van der Waals surface area contributed by atoms with Gasteiger partial charge in [0, 0.05) is 17.8 Å². The van der Waals surface area contributed by atoms with E-state index in [9.17, 15) is 4.79 Å². The van der Waals surface area contributed by atoms with Gasteiger partial charge in [0.25, 0.3) is 0 Å². The lowest BCUT2D eigenvalue weighted by atomic mass is 10.1. The summed E-state index contributed by atoms with van der Waals surface area (Å²) in [7, 11) is 0. The molecule has 2 unspecified atom stereocenters. The molecule has 0 radical (unpaired) electrons. The van der Waals surface area contributed by atoms with Crippen molar-refractivity contribution in [2.75, 3.05) is 37.4 Å². The Morgan fingerprint density at radius 1 is 1.38 bits per heavy atom. The Morgan fingerprint density at radius 2 is 2.15 bits per heavy atom. The molecule has 2 atom stereocenters. The second-order valence-corrected chi connectivity index (χ2v) is 9.00. The van der Waals surface area contributed by atoms with Crippen LogP contribution in [0.2, 0.25) is 0 Å². The standard InChI is InChI=1S/C19H29N3O3S/c1-13(21-9-8-14(12-21)26-5)15-6-7-16-17(20-15)24-11-10-22(16)18(23)25-19(2,3)4/h6-7,13-14H,8-12H2,1-5H3. The fourth-order valence-electron chi connectivity index (χ4n) is 3.34. The Labute approximate surface area is 160 Å². The van der Waals surface area contributed by atoms with Crippen LogP contribution in [0.4, 0.5) is 10.5 Å². The molecular formula is C19H29N3O3S. The van der Waals surface area contributed by atoms with E-state index in [4.69, 9.17) is 14.5 Å². The Kier molecular flexibility index (Phi) is 5.67. The molecule has 7 heteroatoms. The first-order chi connectivity index (χ1) is 12.3. The minimum Gasteiger partial charge on any atom is -0.474 e. The molecule has 3 rings (SSSR count). The molecule has 26 heavy (non-hydrogen) atoms. The molecular weight excluding hydrogens is 350 g/mol. The number of anilines is 1. The smallest absolute Gasteiger partial charge is 0.415 e. The second kappa shape index (κ2) is 7.64. The molecule has 2 aliphatic rings. The Bertz CT molecular complexity index is 662. The quantitative estimate of drug-likeness (QED) is 0.798. The predicted molar refractivity (Wildman–Crippen MR) is 105 cm³/mol. The van der Waals surface area contributed by atoms with E-state index < -0.39 is 5.60 Å². The number of fused-ring (bicyclic) bond motifs is 1. The number of likely N-dealkylation sites (tertiary alicyclic amines) is 1. The van der Waals surface area contributed by atoms with E-state index in [1.165, 1.54) is 6.42 Å². The zero-order valence-electron chi connectivity index (χ0n) is 16.3. The molecule has 1 aromatic rings. The fraction of sp³-hybridized carbons (Fsp3) is 0.684. The normalized spacial score (nSPS) is 21.9. The molecule has 1 aromatic heterocycles. The number of pyridine rings is 1. The summed E-state index contributed by atoms with van der Waals surface area (Å²) in [4.78, 5) is 21.3. The molecule has 6 nitrogen and oxygen atoms in total. The highest BCUT2D eigenvalue weighted by Crippen LogP contribution is 2.34. The first kappa shape index (κ1) is 19.3. The van der Waals surface area contributed by atoms with E-state index in [0.29, 0.717) is 30.0 Å². The van der Waals surface area contributed by atoms with Crippen LogP contribution < -0.4 is 9.64 Å². The van der Waals surface area contributed by atoms with E-state index >= 15 is 0 Å².